The fourth-order valence-corrected chi connectivity index (χ4v) is 7.88. The normalized spacial score (nSPS) is 16.2. The van der Waals surface area contributed by atoms with E-state index in [1.54, 1.807) is 35.8 Å². The quantitative estimate of drug-likeness (QED) is 0.0852. The molecule has 3 aromatic carbocycles. The lowest BCUT2D eigenvalue weighted by atomic mass is 9.79. The van der Waals surface area contributed by atoms with Gasteiger partial charge in [-0.15, -0.1) is 0 Å². The lowest BCUT2D eigenvalue weighted by molar-refractivity contribution is -0.133. The summed E-state index contributed by atoms with van der Waals surface area (Å²) in [7, 11) is 6.77. The summed E-state index contributed by atoms with van der Waals surface area (Å²) in [5.41, 5.74) is 7.51. The molecular formula is C37H49N3O5S2. The van der Waals surface area contributed by atoms with Gasteiger partial charge >= 0.3 is 0 Å². The first kappa shape index (κ1) is 36.7. The number of carbonyl (C=O) groups is 2. The van der Waals surface area contributed by atoms with Gasteiger partial charge in [-0.25, -0.2) is 0 Å². The van der Waals surface area contributed by atoms with Crippen LogP contribution in [0.2, 0.25) is 0 Å². The van der Waals surface area contributed by atoms with Gasteiger partial charge in [-0.2, -0.15) is 0 Å². The molecule has 10 heteroatoms. The van der Waals surface area contributed by atoms with Crippen LogP contribution in [0.25, 0.3) is 0 Å². The van der Waals surface area contributed by atoms with Crippen LogP contribution >= 0.6 is 21.6 Å². The first-order chi connectivity index (χ1) is 22.9. The molecule has 0 radical (unpaired) electrons. The molecule has 0 aromatic heterocycles. The molecule has 3 N–H and O–H groups in total. The van der Waals surface area contributed by atoms with Crippen LogP contribution in [0.3, 0.4) is 0 Å². The predicted octanol–water partition coefficient (Wildman–Crippen LogP) is 6.41. The van der Waals surface area contributed by atoms with Gasteiger partial charge in [0.1, 0.15) is 17.1 Å². The summed E-state index contributed by atoms with van der Waals surface area (Å²) in [5.74, 6) is 3.46. The van der Waals surface area contributed by atoms with Gasteiger partial charge in [-0.1, -0.05) is 83.1 Å². The third kappa shape index (κ3) is 9.92. The van der Waals surface area contributed by atoms with E-state index in [2.05, 4.69) is 48.6 Å². The van der Waals surface area contributed by atoms with Crippen molar-refractivity contribution in [3.63, 3.8) is 0 Å². The summed E-state index contributed by atoms with van der Waals surface area (Å²) >= 11 is 0. The molecule has 3 aromatic rings. The lowest BCUT2D eigenvalue weighted by Gasteiger charge is -2.38. The van der Waals surface area contributed by atoms with Crippen LogP contribution in [0.4, 0.5) is 0 Å². The van der Waals surface area contributed by atoms with E-state index in [1.165, 1.54) is 0 Å². The van der Waals surface area contributed by atoms with E-state index >= 15 is 0 Å². The largest absolute Gasteiger partial charge is 0.497 e. The SMILES string of the molecule is CC[C@@H]1C[C@@H](OC(c2ccccc2)(c2ccc(OC)cc2)c2ccc(OC)cc2)CN1C(=O)CCCCC(=O)NCCSSCCN. The molecule has 0 saturated carbocycles. The highest BCUT2D eigenvalue weighted by Gasteiger charge is 2.44. The summed E-state index contributed by atoms with van der Waals surface area (Å²) in [6.45, 7) is 3.94. The Kier molecular flexibility index (Phi) is 14.8. The zero-order chi connectivity index (χ0) is 33.5. The van der Waals surface area contributed by atoms with E-state index in [-0.39, 0.29) is 24.0 Å². The highest BCUT2D eigenvalue weighted by molar-refractivity contribution is 8.76. The Hall–Kier alpha value is -3.18. The number of methoxy groups -OCH3 is 2. The number of nitrogens with zero attached hydrogens (tertiary/aromatic N) is 1. The summed E-state index contributed by atoms with van der Waals surface area (Å²) in [4.78, 5) is 27.8. The second-order valence-electron chi connectivity index (χ2n) is 11.6. The number of unbranched alkanes of at least 4 members (excludes halogenated alkanes) is 1. The maximum atomic E-state index is 13.5. The number of carbonyl (C=O) groups excluding carboxylic acids is 2. The number of hydrogen-bond donors (Lipinski definition) is 2. The second kappa shape index (κ2) is 19.0. The summed E-state index contributed by atoms with van der Waals surface area (Å²) in [6, 6.07) is 26.4. The fraction of sp³-hybridized carbons (Fsp3) is 0.459. The van der Waals surface area contributed by atoms with Crippen LogP contribution in [-0.2, 0) is 19.9 Å². The minimum atomic E-state index is -0.934. The minimum Gasteiger partial charge on any atom is -0.497 e. The number of nitrogens with one attached hydrogen (secondary N) is 1. The molecule has 8 nitrogen and oxygen atoms in total. The van der Waals surface area contributed by atoms with Crippen molar-refractivity contribution in [3.8, 4) is 11.5 Å². The van der Waals surface area contributed by atoms with Crippen molar-refractivity contribution < 1.29 is 23.8 Å². The molecule has 1 fully saturated rings. The predicted molar refractivity (Wildman–Crippen MR) is 193 cm³/mol. The molecule has 1 saturated heterocycles. The van der Waals surface area contributed by atoms with Gasteiger partial charge in [-0.05, 0) is 66.6 Å². The maximum absolute atomic E-state index is 13.5. The number of benzene rings is 3. The van der Waals surface area contributed by atoms with E-state index in [9.17, 15) is 9.59 Å². The summed E-state index contributed by atoms with van der Waals surface area (Å²) < 4.78 is 18.3. The van der Waals surface area contributed by atoms with Crippen molar-refractivity contribution in [2.24, 2.45) is 5.73 Å². The topological polar surface area (TPSA) is 103 Å². The number of hydrogen-bond acceptors (Lipinski definition) is 8. The first-order valence-electron chi connectivity index (χ1n) is 16.5. The van der Waals surface area contributed by atoms with Gasteiger partial charge in [0.05, 0.1) is 20.3 Å². The number of rotatable bonds is 19. The van der Waals surface area contributed by atoms with Crippen molar-refractivity contribution in [2.75, 3.05) is 45.4 Å². The lowest BCUT2D eigenvalue weighted by Crippen LogP contribution is -2.39. The minimum absolute atomic E-state index is 0.0391. The van der Waals surface area contributed by atoms with E-state index in [0.717, 1.165) is 52.5 Å². The Labute approximate surface area is 287 Å². The highest BCUT2D eigenvalue weighted by atomic mass is 33.1. The van der Waals surface area contributed by atoms with E-state index in [4.69, 9.17) is 19.9 Å². The average molecular weight is 680 g/mol. The van der Waals surface area contributed by atoms with Gasteiger partial charge in [0, 0.05) is 50.0 Å². The molecule has 4 rings (SSSR count). The Morgan fingerprint density at radius 2 is 1.43 bits per heavy atom. The molecular weight excluding hydrogens is 631 g/mol. The van der Waals surface area contributed by atoms with E-state index < -0.39 is 5.60 Å². The van der Waals surface area contributed by atoms with Crippen LogP contribution in [-0.4, -0.2) is 74.2 Å². The van der Waals surface area contributed by atoms with Gasteiger partial charge in [0.25, 0.3) is 0 Å². The van der Waals surface area contributed by atoms with Crippen molar-refractivity contribution in [1.82, 2.24) is 10.2 Å². The van der Waals surface area contributed by atoms with Gasteiger partial charge < -0.3 is 30.2 Å². The third-order valence-electron chi connectivity index (χ3n) is 8.52. The van der Waals surface area contributed by atoms with Crippen LogP contribution in [0.15, 0.2) is 78.9 Å². The number of likely N-dealkylation sites (tertiary alicyclic amines) is 1. The van der Waals surface area contributed by atoms with Crippen LogP contribution in [0, 0.1) is 0 Å². The fourth-order valence-electron chi connectivity index (χ4n) is 6.12. The Morgan fingerprint density at radius 3 is 2.00 bits per heavy atom. The molecule has 47 heavy (non-hydrogen) atoms. The molecule has 2 atom stereocenters. The summed E-state index contributed by atoms with van der Waals surface area (Å²) in [6.07, 6.45) is 3.61. The molecule has 1 aliphatic heterocycles. The number of ether oxygens (including phenoxy) is 3. The van der Waals surface area contributed by atoms with Gasteiger partial charge in [-0.3, -0.25) is 9.59 Å². The zero-order valence-electron chi connectivity index (χ0n) is 27.8. The van der Waals surface area contributed by atoms with Crippen LogP contribution in [0.5, 0.6) is 11.5 Å². The van der Waals surface area contributed by atoms with Gasteiger partial charge in [0.15, 0.2) is 0 Å². The van der Waals surface area contributed by atoms with Crippen molar-refractivity contribution >= 4 is 33.4 Å². The van der Waals surface area contributed by atoms with Crippen LogP contribution < -0.4 is 20.5 Å². The Balaban J connectivity index is 1.47. The number of nitrogens with two attached hydrogens (primary N) is 1. The molecule has 0 aliphatic carbocycles. The summed E-state index contributed by atoms with van der Waals surface area (Å²) in [5, 5.41) is 2.97. The average Bonchev–Trinajstić information content (AvgIpc) is 3.54. The molecule has 0 unspecified atom stereocenters. The van der Waals surface area contributed by atoms with Crippen molar-refractivity contribution in [3.05, 3.63) is 95.6 Å². The molecule has 1 aliphatic rings. The maximum Gasteiger partial charge on any atom is 0.222 e. The second-order valence-corrected chi connectivity index (χ2v) is 14.3. The van der Waals surface area contributed by atoms with E-state index in [0.29, 0.717) is 45.3 Å². The zero-order valence-corrected chi connectivity index (χ0v) is 29.5. The van der Waals surface area contributed by atoms with E-state index in [1.807, 2.05) is 47.4 Å². The molecule has 0 bridgehead atoms. The van der Waals surface area contributed by atoms with Crippen LogP contribution in [0.1, 0.15) is 62.1 Å². The standard InChI is InChI=1S/C37H49N3O5S2/c1-4-31-26-34(27-40(31)36(42)13-9-8-12-35(41)39-23-25-47-46-24-22-38)45-37(28-10-6-5-7-11-28,29-14-18-32(43-2)19-15-29)30-16-20-33(44-3)21-17-30/h5-7,10-11,14-21,31,34H,4,8-9,12-13,22-27,38H2,1-3H3,(H,39,41)/t31-,34-/m1/s1. The Bertz CT molecular complexity index is 1330. The molecule has 2 amide bonds. The molecule has 0 spiro atoms. The third-order valence-corrected chi connectivity index (χ3v) is 11.0. The van der Waals surface area contributed by atoms with Crippen molar-refractivity contribution in [1.29, 1.82) is 0 Å². The number of amides is 2. The molecule has 1 heterocycles. The first-order valence-corrected chi connectivity index (χ1v) is 19.0. The molecule has 254 valence electrons. The Morgan fingerprint density at radius 1 is 0.851 bits per heavy atom. The monoisotopic (exact) mass is 679 g/mol. The smallest absolute Gasteiger partial charge is 0.222 e. The van der Waals surface area contributed by atoms with Gasteiger partial charge in [0.2, 0.25) is 11.8 Å². The highest BCUT2D eigenvalue weighted by Crippen LogP contribution is 2.44. The van der Waals surface area contributed by atoms with Crippen molar-refractivity contribution in [2.45, 2.75) is 63.2 Å².